The number of urea groups is 1. The van der Waals surface area contributed by atoms with Crippen LogP contribution < -0.4 is 25.8 Å². The van der Waals surface area contributed by atoms with Crippen LogP contribution in [0.2, 0.25) is 0 Å². The van der Waals surface area contributed by atoms with Crippen LogP contribution in [0.4, 0.5) is 15.6 Å². The summed E-state index contributed by atoms with van der Waals surface area (Å²) in [5.41, 5.74) is 5.36. The van der Waals surface area contributed by atoms with Gasteiger partial charge in [-0.3, -0.25) is 10.2 Å². The molecule has 26 heavy (non-hydrogen) atoms. The third kappa shape index (κ3) is 4.41. The number of amides is 3. The number of aromatic nitrogens is 1. The number of thiazole rings is 1. The zero-order valence-corrected chi connectivity index (χ0v) is 15.0. The van der Waals surface area contributed by atoms with Crippen LogP contribution in [0.25, 0.3) is 0 Å². The lowest BCUT2D eigenvalue weighted by Gasteiger charge is -2.25. The van der Waals surface area contributed by atoms with Crippen molar-refractivity contribution in [3.05, 3.63) is 35.3 Å². The zero-order valence-electron chi connectivity index (χ0n) is 14.2. The first-order valence-corrected chi connectivity index (χ1v) is 8.84. The van der Waals surface area contributed by atoms with Crippen molar-refractivity contribution >= 4 is 34.1 Å². The highest BCUT2D eigenvalue weighted by Crippen LogP contribution is 2.23. The number of ether oxygens (including phenoxy) is 2. The summed E-state index contributed by atoms with van der Waals surface area (Å²) in [5.74, 6) is 0.0274. The molecule has 0 spiro atoms. The molecular weight excluding hydrogens is 358 g/mol. The van der Waals surface area contributed by atoms with Gasteiger partial charge in [-0.05, 0) is 12.1 Å². The maximum absolute atomic E-state index is 12.1. The van der Waals surface area contributed by atoms with Crippen LogP contribution in [0.15, 0.2) is 29.6 Å². The summed E-state index contributed by atoms with van der Waals surface area (Å²) in [4.78, 5) is 30.5. The van der Waals surface area contributed by atoms with Crippen LogP contribution in [0.3, 0.4) is 0 Å². The monoisotopic (exact) mass is 377 g/mol. The molecule has 0 bridgehead atoms. The number of hydrazine groups is 1. The zero-order chi connectivity index (χ0) is 18.4. The molecule has 0 radical (unpaired) electrons. The summed E-state index contributed by atoms with van der Waals surface area (Å²) in [6.07, 6.45) is 0. The van der Waals surface area contributed by atoms with Crippen molar-refractivity contribution in [1.82, 2.24) is 15.8 Å². The number of rotatable bonds is 4. The quantitative estimate of drug-likeness (QED) is 0.697. The van der Waals surface area contributed by atoms with E-state index >= 15 is 0 Å². The van der Waals surface area contributed by atoms with E-state index in [1.807, 2.05) is 0 Å². The summed E-state index contributed by atoms with van der Waals surface area (Å²) in [6, 6.07) is 6.37. The number of nitrogens with one attached hydrogen (secondary N) is 3. The minimum atomic E-state index is -0.591. The first-order chi connectivity index (χ1) is 12.7. The second-order valence-corrected chi connectivity index (χ2v) is 6.18. The number of para-hydroxylation sites is 2. The molecule has 3 amide bonds. The number of nitrogens with zero attached hydrogens (tertiary/aromatic N) is 2. The van der Waals surface area contributed by atoms with Crippen LogP contribution in [-0.2, 0) is 4.74 Å². The highest BCUT2D eigenvalue weighted by molar-refractivity contribution is 7.13. The molecule has 138 valence electrons. The maximum Gasteiger partial charge on any atom is 0.338 e. The van der Waals surface area contributed by atoms with E-state index in [1.165, 1.54) is 18.4 Å². The smallest absolute Gasteiger partial charge is 0.338 e. The van der Waals surface area contributed by atoms with Gasteiger partial charge in [0.15, 0.2) is 5.13 Å². The van der Waals surface area contributed by atoms with Crippen LogP contribution in [-0.4, -0.2) is 50.3 Å². The van der Waals surface area contributed by atoms with Gasteiger partial charge in [-0.2, -0.15) is 0 Å². The highest BCUT2D eigenvalue weighted by atomic mass is 32.1. The Kier molecular flexibility index (Phi) is 5.87. The number of morpholine rings is 1. The van der Waals surface area contributed by atoms with Crippen molar-refractivity contribution in [2.75, 3.05) is 43.6 Å². The van der Waals surface area contributed by atoms with Crippen LogP contribution in [0, 0.1) is 0 Å². The van der Waals surface area contributed by atoms with Crippen molar-refractivity contribution < 1.29 is 19.1 Å². The first kappa shape index (κ1) is 18.0. The van der Waals surface area contributed by atoms with Gasteiger partial charge in [-0.15, -0.1) is 11.3 Å². The lowest BCUT2D eigenvalue weighted by molar-refractivity contribution is 0.0933. The fourth-order valence-corrected chi connectivity index (χ4v) is 3.21. The predicted molar refractivity (Wildman–Crippen MR) is 97.8 cm³/mol. The molecule has 0 saturated carbocycles. The number of carbonyl (C=O) groups excluding carboxylic acids is 2. The van der Waals surface area contributed by atoms with Gasteiger partial charge in [0, 0.05) is 18.5 Å². The first-order valence-electron chi connectivity index (χ1n) is 7.96. The number of benzene rings is 1. The topological polar surface area (TPSA) is 105 Å². The third-order valence-electron chi connectivity index (χ3n) is 3.65. The molecular formula is C16H19N5O4S. The molecule has 1 aliphatic rings. The van der Waals surface area contributed by atoms with Crippen molar-refractivity contribution in [2.24, 2.45) is 0 Å². The molecule has 1 fully saturated rings. The van der Waals surface area contributed by atoms with Gasteiger partial charge < -0.3 is 19.7 Å². The van der Waals surface area contributed by atoms with E-state index < -0.39 is 11.9 Å². The van der Waals surface area contributed by atoms with Gasteiger partial charge in [-0.25, -0.2) is 15.2 Å². The van der Waals surface area contributed by atoms with Crippen LogP contribution in [0.5, 0.6) is 5.75 Å². The third-order valence-corrected chi connectivity index (χ3v) is 4.55. The van der Waals surface area contributed by atoms with Gasteiger partial charge in [0.2, 0.25) is 0 Å². The summed E-state index contributed by atoms with van der Waals surface area (Å²) in [7, 11) is 1.51. The molecule has 1 saturated heterocycles. The molecule has 10 heteroatoms. The molecule has 2 heterocycles. The summed E-state index contributed by atoms with van der Waals surface area (Å²) in [6.45, 7) is 2.78. The average molecular weight is 377 g/mol. The summed E-state index contributed by atoms with van der Waals surface area (Å²) >= 11 is 1.38. The van der Waals surface area contributed by atoms with E-state index in [4.69, 9.17) is 9.47 Å². The SMILES string of the molecule is COc1ccccc1NC(=O)NNC(=O)c1csc(N2CCOCC2)n1. The Hall–Kier alpha value is -2.85. The summed E-state index contributed by atoms with van der Waals surface area (Å²) in [5, 5.41) is 5.01. The number of hydrogen-bond acceptors (Lipinski definition) is 7. The molecule has 0 atom stereocenters. The minimum Gasteiger partial charge on any atom is -0.495 e. The van der Waals surface area contributed by atoms with Gasteiger partial charge in [-0.1, -0.05) is 12.1 Å². The molecule has 1 aromatic heterocycles. The number of anilines is 2. The highest BCUT2D eigenvalue weighted by Gasteiger charge is 2.18. The normalized spacial score (nSPS) is 13.8. The standard InChI is InChI=1S/C16H19N5O4S/c1-24-13-5-3-2-4-11(13)17-15(23)20-19-14(22)12-10-26-16(18-12)21-6-8-25-9-7-21/h2-5,10H,6-9H2,1H3,(H,19,22)(H2,17,20,23). The van der Waals surface area contributed by atoms with E-state index in [-0.39, 0.29) is 5.69 Å². The van der Waals surface area contributed by atoms with E-state index in [0.717, 1.165) is 18.2 Å². The summed E-state index contributed by atoms with van der Waals surface area (Å²) < 4.78 is 10.4. The second kappa shape index (κ2) is 8.50. The number of carbonyl (C=O) groups is 2. The van der Waals surface area contributed by atoms with E-state index in [0.29, 0.717) is 24.7 Å². The van der Waals surface area contributed by atoms with Crippen molar-refractivity contribution in [3.63, 3.8) is 0 Å². The molecule has 3 N–H and O–H groups in total. The molecule has 0 unspecified atom stereocenters. The van der Waals surface area contributed by atoms with Crippen molar-refractivity contribution in [1.29, 1.82) is 0 Å². The van der Waals surface area contributed by atoms with Gasteiger partial charge in [0.05, 0.1) is 26.0 Å². The van der Waals surface area contributed by atoms with Gasteiger partial charge >= 0.3 is 6.03 Å². The van der Waals surface area contributed by atoms with Crippen molar-refractivity contribution in [3.8, 4) is 5.75 Å². The molecule has 9 nitrogen and oxygen atoms in total. The fourth-order valence-electron chi connectivity index (χ4n) is 2.35. The van der Waals surface area contributed by atoms with Gasteiger partial charge in [0.25, 0.3) is 5.91 Å². The van der Waals surface area contributed by atoms with Crippen molar-refractivity contribution in [2.45, 2.75) is 0 Å². The molecule has 0 aliphatic carbocycles. The molecule has 1 aliphatic heterocycles. The predicted octanol–water partition coefficient (Wildman–Crippen LogP) is 1.45. The molecule has 1 aromatic carbocycles. The minimum absolute atomic E-state index is 0.245. The largest absolute Gasteiger partial charge is 0.495 e. The Morgan fingerprint density at radius 1 is 1.23 bits per heavy atom. The molecule has 2 aromatic rings. The fraction of sp³-hybridized carbons (Fsp3) is 0.312. The number of methoxy groups -OCH3 is 1. The Morgan fingerprint density at radius 3 is 2.77 bits per heavy atom. The van der Waals surface area contributed by atoms with Crippen LogP contribution in [0.1, 0.15) is 10.5 Å². The van der Waals surface area contributed by atoms with Crippen LogP contribution >= 0.6 is 11.3 Å². The maximum atomic E-state index is 12.1. The molecule has 3 rings (SSSR count). The lowest BCUT2D eigenvalue weighted by atomic mass is 10.3. The van der Waals surface area contributed by atoms with E-state index in [2.05, 4.69) is 26.1 Å². The number of hydrogen-bond donors (Lipinski definition) is 3. The Balaban J connectivity index is 1.52. The van der Waals surface area contributed by atoms with E-state index in [1.54, 1.807) is 29.6 Å². The lowest BCUT2D eigenvalue weighted by Crippen LogP contribution is -2.44. The second-order valence-electron chi connectivity index (χ2n) is 5.35. The van der Waals surface area contributed by atoms with Gasteiger partial charge in [0.1, 0.15) is 11.4 Å². The van der Waals surface area contributed by atoms with E-state index in [9.17, 15) is 9.59 Å². The average Bonchev–Trinajstić information content (AvgIpc) is 3.17. The Morgan fingerprint density at radius 2 is 2.00 bits per heavy atom. The Bertz CT molecular complexity index is 776. The Labute approximate surface area is 154 Å².